The van der Waals surface area contributed by atoms with Gasteiger partial charge in [0.1, 0.15) is 5.69 Å². The fourth-order valence-corrected chi connectivity index (χ4v) is 3.11. The van der Waals surface area contributed by atoms with Crippen molar-refractivity contribution in [3.8, 4) is 17.1 Å². The van der Waals surface area contributed by atoms with Crippen LogP contribution in [0.2, 0.25) is 0 Å². The first-order chi connectivity index (χ1) is 14.9. The summed E-state index contributed by atoms with van der Waals surface area (Å²) in [6.07, 6.45) is 3.08. The molecule has 0 aliphatic heterocycles. The summed E-state index contributed by atoms with van der Waals surface area (Å²) in [5.41, 5.74) is 3.99. The average molecular weight is 423 g/mol. The van der Waals surface area contributed by atoms with Crippen LogP contribution < -0.4 is 15.4 Å². The predicted octanol–water partition coefficient (Wildman–Crippen LogP) is 4.90. The number of anilines is 2. The minimum absolute atomic E-state index is 0.110. The molecule has 0 spiro atoms. The van der Waals surface area contributed by atoms with Gasteiger partial charge in [0.25, 0.3) is 0 Å². The molecule has 0 radical (unpaired) electrons. The molecule has 3 aromatic rings. The number of pyridine rings is 3. The lowest BCUT2D eigenvalue weighted by molar-refractivity contribution is 0.328. The van der Waals surface area contributed by atoms with Crippen molar-refractivity contribution in [1.82, 2.24) is 15.0 Å². The second-order valence-corrected chi connectivity index (χ2v) is 7.30. The van der Waals surface area contributed by atoms with Gasteiger partial charge in [0.2, 0.25) is 11.8 Å². The summed E-state index contributed by atoms with van der Waals surface area (Å²) in [5.74, 6) is -0.0445. The summed E-state index contributed by atoms with van der Waals surface area (Å²) >= 11 is 0. The molecule has 3 aromatic heterocycles. The van der Waals surface area contributed by atoms with Crippen LogP contribution in [0.15, 0.2) is 42.7 Å². The third kappa shape index (κ3) is 5.33. The van der Waals surface area contributed by atoms with Gasteiger partial charge in [-0.25, -0.2) is 15.0 Å². The van der Waals surface area contributed by atoms with E-state index in [1.807, 2.05) is 39.0 Å². The zero-order chi connectivity index (χ0) is 22.4. The normalized spacial score (nSPS) is 10.8. The Morgan fingerprint density at radius 2 is 1.94 bits per heavy atom. The Balaban J connectivity index is 2.12. The highest BCUT2D eigenvalue weighted by Gasteiger charge is 2.19. The van der Waals surface area contributed by atoms with E-state index in [-0.39, 0.29) is 12.6 Å². The molecular weight excluding hydrogens is 395 g/mol. The van der Waals surface area contributed by atoms with Crippen LogP contribution in [0.4, 0.5) is 15.8 Å². The van der Waals surface area contributed by atoms with Crippen LogP contribution in [-0.2, 0) is 6.54 Å². The van der Waals surface area contributed by atoms with Crippen LogP contribution in [0.1, 0.15) is 39.0 Å². The van der Waals surface area contributed by atoms with Crippen LogP contribution in [0.5, 0.6) is 5.88 Å². The molecule has 0 unspecified atom stereocenters. The minimum atomic E-state index is -0.517. The molecule has 0 amide bonds. The first kappa shape index (κ1) is 22.1. The Hall–Kier alpha value is -3.55. The van der Waals surface area contributed by atoms with E-state index < -0.39 is 5.95 Å². The molecule has 0 aliphatic carbocycles. The van der Waals surface area contributed by atoms with Crippen molar-refractivity contribution in [3.05, 3.63) is 59.9 Å². The number of ether oxygens (including phenoxy) is 1. The molecule has 3 N–H and O–H groups in total. The number of halogens is 1. The van der Waals surface area contributed by atoms with Crippen LogP contribution in [0, 0.1) is 11.4 Å². The van der Waals surface area contributed by atoms with E-state index in [4.69, 9.17) is 15.1 Å². The lowest BCUT2D eigenvalue weighted by atomic mass is 10.1. The molecule has 0 saturated heterocycles. The number of nitrogens with zero attached hydrogens (tertiary/aromatic N) is 3. The quantitative estimate of drug-likeness (QED) is 0.335. The van der Waals surface area contributed by atoms with Crippen molar-refractivity contribution in [2.24, 2.45) is 0 Å². The van der Waals surface area contributed by atoms with Crippen LogP contribution in [0.3, 0.4) is 0 Å². The fraction of sp³-hybridized carbons (Fsp3) is 0.304. The highest BCUT2D eigenvalue weighted by atomic mass is 19.1. The van der Waals surface area contributed by atoms with Gasteiger partial charge in [-0.2, -0.15) is 4.39 Å². The van der Waals surface area contributed by atoms with Gasteiger partial charge in [0, 0.05) is 30.5 Å². The average Bonchev–Trinajstić information content (AvgIpc) is 2.74. The van der Waals surface area contributed by atoms with Gasteiger partial charge < -0.3 is 20.8 Å². The van der Waals surface area contributed by atoms with Gasteiger partial charge in [0.15, 0.2) is 0 Å². The Bertz CT molecular complexity index is 1070. The van der Waals surface area contributed by atoms with E-state index in [0.717, 1.165) is 5.56 Å². The van der Waals surface area contributed by atoms with Gasteiger partial charge in [-0.1, -0.05) is 6.07 Å². The van der Waals surface area contributed by atoms with E-state index in [0.29, 0.717) is 46.5 Å². The summed E-state index contributed by atoms with van der Waals surface area (Å²) in [7, 11) is 0. The number of aromatic nitrogens is 3. The van der Waals surface area contributed by atoms with Crippen molar-refractivity contribution in [1.29, 1.82) is 5.41 Å². The maximum Gasteiger partial charge on any atom is 0.222 e. The number of hydrogen-bond acceptors (Lipinski definition) is 7. The Morgan fingerprint density at radius 3 is 2.61 bits per heavy atom. The van der Waals surface area contributed by atoms with Gasteiger partial charge in [0.05, 0.1) is 35.0 Å². The van der Waals surface area contributed by atoms with E-state index in [1.165, 1.54) is 6.20 Å². The lowest BCUT2D eigenvalue weighted by Gasteiger charge is -2.21. The molecule has 7 nitrogen and oxygen atoms in total. The first-order valence-corrected chi connectivity index (χ1v) is 10.2. The van der Waals surface area contributed by atoms with Gasteiger partial charge >= 0.3 is 0 Å². The predicted molar refractivity (Wildman–Crippen MR) is 121 cm³/mol. The topological polar surface area (TPSA) is 95.8 Å². The van der Waals surface area contributed by atoms with Crippen molar-refractivity contribution in [2.45, 2.75) is 40.3 Å². The zero-order valence-corrected chi connectivity index (χ0v) is 18.2. The number of nitrogens with one attached hydrogen (secondary N) is 3. The summed E-state index contributed by atoms with van der Waals surface area (Å²) in [6.45, 7) is 8.31. The summed E-state index contributed by atoms with van der Waals surface area (Å²) < 4.78 is 19.7. The molecule has 0 aromatic carbocycles. The van der Waals surface area contributed by atoms with Gasteiger partial charge in [-0.15, -0.1) is 0 Å². The minimum Gasteiger partial charge on any atom is -0.477 e. The Morgan fingerprint density at radius 1 is 1.19 bits per heavy atom. The van der Waals surface area contributed by atoms with Gasteiger partial charge in [-0.05, 0) is 52.0 Å². The van der Waals surface area contributed by atoms with E-state index in [2.05, 4.69) is 20.6 Å². The van der Waals surface area contributed by atoms with Gasteiger partial charge in [-0.3, -0.25) is 0 Å². The molecule has 3 rings (SSSR count). The standard InChI is InChI=1S/C23H27FN6O/c1-5-31-23-17(9-7-11-27-23)18-12-19(28-13-16-8-6-10-26-22(16)24)21(29-14(2)3)20(30-18)15(4)25/h6-12,14,25,29H,5,13H2,1-4H3,(H,28,30). The van der Waals surface area contributed by atoms with E-state index in [1.54, 1.807) is 25.3 Å². The largest absolute Gasteiger partial charge is 0.477 e. The molecule has 0 aliphatic rings. The second-order valence-electron chi connectivity index (χ2n) is 7.30. The molecular formula is C23H27FN6O. The van der Waals surface area contributed by atoms with Crippen molar-refractivity contribution in [2.75, 3.05) is 17.2 Å². The summed E-state index contributed by atoms with van der Waals surface area (Å²) in [6, 6.07) is 9.05. The van der Waals surface area contributed by atoms with Crippen LogP contribution >= 0.6 is 0 Å². The smallest absolute Gasteiger partial charge is 0.222 e. The van der Waals surface area contributed by atoms with Crippen molar-refractivity contribution < 1.29 is 9.13 Å². The number of hydrogen-bond donors (Lipinski definition) is 3. The molecule has 3 heterocycles. The van der Waals surface area contributed by atoms with E-state index >= 15 is 0 Å². The fourth-order valence-electron chi connectivity index (χ4n) is 3.11. The second kappa shape index (κ2) is 9.97. The highest BCUT2D eigenvalue weighted by Crippen LogP contribution is 2.34. The number of rotatable bonds is 9. The monoisotopic (exact) mass is 422 g/mol. The first-order valence-electron chi connectivity index (χ1n) is 10.2. The molecule has 8 heteroatoms. The van der Waals surface area contributed by atoms with Crippen LogP contribution in [0.25, 0.3) is 11.3 Å². The Kier molecular flexibility index (Phi) is 7.12. The van der Waals surface area contributed by atoms with Crippen molar-refractivity contribution >= 4 is 17.1 Å². The molecule has 31 heavy (non-hydrogen) atoms. The summed E-state index contributed by atoms with van der Waals surface area (Å²) in [4.78, 5) is 12.8. The molecule has 0 atom stereocenters. The maximum atomic E-state index is 14.1. The molecule has 162 valence electrons. The zero-order valence-electron chi connectivity index (χ0n) is 18.2. The maximum absolute atomic E-state index is 14.1. The third-order valence-corrected chi connectivity index (χ3v) is 4.44. The molecule has 0 bridgehead atoms. The van der Waals surface area contributed by atoms with Crippen LogP contribution in [-0.4, -0.2) is 33.3 Å². The van der Waals surface area contributed by atoms with Crippen molar-refractivity contribution in [3.63, 3.8) is 0 Å². The molecule has 0 fully saturated rings. The SMILES string of the molecule is CCOc1ncccc1-c1cc(NCc2cccnc2F)c(NC(C)C)c(C(C)=N)n1. The van der Waals surface area contributed by atoms with E-state index in [9.17, 15) is 4.39 Å². The third-order valence-electron chi connectivity index (χ3n) is 4.44. The lowest BCUT2D eigenvalue weighted by Crippen LogP contribution is -2.17. The molecule has 0 saturated carbocycles. The highest BCUT2D eigenvalue weighted by molar-refractivity contribution is 6.03. The Labute approximate surface area is 181 Å². The summed E-state index contributed by atoms with van der Waals surface area (Å²) in [5, 5.41) is 15.0.